The zero-order valence-electron chi connectivity index (χ0n) is 12.9. The van der Waals surface area contributed by atoms with Gasteiger partial charge in [-0.05, 0) is 38.3 Å². The Morgan fingerprint density at radius 2 is 1.90 bits per heavy atom. The van der Waals surface area contributed by atoms with Gasteiger partial charge in [-0.2, -0.15) is 0 Å². The minimum absolute atomic E-state index is 0.158. The van der Waals surface area contributed by atoms with Gasteiger partial charge in [0.05, 0.1) is 19.8 Å². The van der Waals surface area contributed by atoms with Crippen molar-refractivity contribution in [3.63, 3.8) is 0 Å². The summed E-state index contributed by atoms with van der Waals surface area (Å²) in [5.74, 6) is 0.588. The molecule has 1 N–H and O–H groups in total. The highest BCUT2D eigenvalue weighted by Gasteiger charge is 2.15. The van der Waals surface area contributed by atoms with Crippen molar-refractivity contribution < 1.29 is 9.47 Å². The average Bonchev–Trinajstić information content (AvgIpc) is 2.90. The number of benzene rings is 1. The Hall–Kier alpha value is -0.900. The first-order valence-corrected chi connectivity index (χ1v) is 7.51. The Morgan fingerprint density at radius 1 is 1.20 bits per heavy atom. The summed E-state index contributed by atoms with van der Waals surface area (Å²) in [4.78, 5) is 0. The molecule has 0 amide bonds. The molecular weight excluding hydrogens is 250 g/mol. The monoisotopic (exact) mass is 277 g/mol. The molecule has 3 heteroatoms. The van der Waals surface area contributed by atoms with Crippen LogP contribution in [0.4, 0.5) is 0 Å². The second kappa shape index (κ2) is 7.21. The zero-order valence-corrected chi connectivity index (χ0v) is 12.9. The fourth-order valence-corrected chi connectivity index (χ4v) is 2.18. The Labute approximate surface area is 122 Å². The van der Waals surface area contributed by atoms with Crippen LogP contribution in [0.2, 0.25) is 0 Å². The molecule has 0 aromatic heterocycles. The molecule has 3 nitrogen and oxygen atoms in total. The molecule has 1 heterocycles. The van der Waals surface area contributed by atoms with E-state index in [1.165, 1.54) is 11.1 Å². The number of hydrogen-bond acceptors (Lipinski definition) is 3. The molecule has 0 radical (unpaired) electrons. The Balaban J connectivity index is 1.70. The summed E-state index contributed by atoms with van der Waals surface area (Å²) < 4.78 is 11.1. The van der Waals surface area contributed by atoms with Crippen molar-refractivity contribution in [1.29, 1.82) is 0 Å². The third kappa shape index (κ3) is 5.61. The van der Waals surface area contributed by atoms with E-state index in [9.17, 15) is 0 Å². The largest absolute Gasteiger partial charge is 0.381 e. The number of nitrogens with one attached hydrogen (secondary N) is 1. The van der Waals surface area contributed by atoms with Crippen LogP contribution >= 0.6 is 0 Å². The first kappa shape index (κ1) is 15.5. The van der Waals surface area contributed by atoms with Crippen LogP contribution in [0.3, 0.4) is 0 Å². The Morgan fingerprint density at radius 3 is 2.50 bits per heavy atom. The third-order valence-corrected chi connectivity index (χ3v) is 3.49. The summed E-state index contributed by atoms with van der Waals surface area (Å²) in [5, 5.41) is 3.49. The molecule has 0 saturated carbocycles. The van der Waals surface area contributed by atoms with Crippen molar-refractivity contribution in [2.45, 2.75) is 45.9 Å². The van der Waals surface area contributed by atoms with E-state index in [-0.39, 0.29) is 5.54 Å². The SMILES string of the molecule is CC(C)(C)NCc1ccc(COCC2CCOC2)cc1. The predicted octanol–water partition coefficient (Wildman–Crippen LogP) is 3.13. The van der Waals surface area contributed by atoms with E-state index in [2.05, 4.69) is 50.4 Å². The van der Waals surface area contributed by atoms with Crippen LogP contribution in [0.15, 0.2) is 24.3 Å². The van der Waals surface area contributed by atoms with Crippen molar-refractivity contribution in [3.05, 3.63) is 35.4 Å². The number of hydrogen-bond donors (Lipinski definition) is 1. The quantitative estimate of drug-likeness (QED) is 0.866. The lowest BCUT2D eigenvalue weighted by atomic mass is 10.1. The average molecular weight is 277 g/mol. The van der Waals surface area contributed by atoms with Crippen LogP contribution in [0, 0.1) is 5.92 Å². The molecule has 0 spiro atoms. The summed E-state index contributed by atoms with van der Waals surface area (Å²) in [7, 11) is 0. The summed E-state index contributed by atoms with van der Waals surface area (Å²) in [6.07, 6.45) is 1.14. The predicted molar refractivity (Wildman–Crippen MR) is 81.6 cm³/mol. The van der Waals surface area contributed by atoms with E-state index in [0.29, 0.717) is 12.5 Å². The maximum Gasteiger partial charge on any atom is 0.0717 e. The lowest BCUT2D eigenvalue weighted by Gasteiger charge is -2.20. The lowest BCUT2D eigenvalue weighted by molar-refractivity contribution is 0.0791. The second-order valence-electron chi connectivity index (χ2n) is 6.66. The van der Waals surface area contributed by atoms with Gasteiger partial charge < -0.3 is 14.8 Å². The Kier molecular flexibility index (Phi) is 5.58. The second-order valence-corrected chi connectivity index (χ2v) is 6.66. The highest BCUT2D eigenvalue weighted by atomic mass is 16.5. The molecule has 1 aromatic carbocycles. The third-order valence-electron chi connectivity index (χ3n) is 3.49. The van der Waals surface area contributed by atoms with Crippen LogP contribution in [0.5, 0.6) is 0 Å². The lowest BCUT2D eigenvalue weighted by Crippen LogP contribution is -2.35. The van der Waals surface area contributed by atoms with E-state index in [1.807, 2.05) is 0 Å². The van der Waals surface area contributed by atoms with Gasteiger partial charge in [0.1, 0.15) is 0 Å². The van der Waals surface area contributed by atoms with Gasteiger partial charge in [-0.1, -0.05) is 24.3 Å². The molecule has 1 aliphatic rings. The molecular formula is C17H27NO2. The Bertz CT molecular complexity index is 388. The number of ether oxygens (including phenoxy) is 2. The molecule has 1 aliphatic heterocycles. The van der Waals surface area contributed by atoms with E-state index in [0.717, 1.165) is 32.8 Å². The molecule has 0 bridgehead atoms. The van der Waals surface area contributed by atoms with Gasteiger partial charge in [0, 0.05) is 24.6 Å². The van der Waals surface area contributed by atoms with Gasteiger partial charge in [0.25, 0.3) is 0 Å². The molecule has 20 heavy (non-hydrogen) atoms. The topological polar surface area (TPSA) is 30.5 Å². The molecule has 2 rings (SSSR count). The first-order chi connectivity index (χ1) is 9.53. The molecule has 1 atom stereocenters. The zero-order chi connectivity index (χ0) is 14.4. The molecule has 0 aliphatic carbocycles. The summed E-state index contributed by atoms with van der Waals surface area (Å²) >= 11 is 0. The summed E-state index contributed by atoms with van der Waals surface area (Å²) in [5.41, 5.74) is 2.71. The smallest absolute Gasteiger partial charge is 0.0717 e. The van der Waals surface area contributed by atoms with Crippen molar-refractivity contribution in [3.8, 4) is 0 Å². The highest BCUT2D eigenvalue weighted by Crippen LogP contribution is 2.14. The highest BCUT2D eigenvalue weighted by molar-refractivity contribution is 5.22. The molecule has 1 aromatic rings. The van der Waals surface area contributed by atoms with Gasteiger partial charge >= 0.3 is 0 Å². The van der Waals surface area contributed by atoms with Gasteiger partial charge in [0.2, 0.25) is 0 Å². The van der Waals surface area contributed by atoms with Crippen molar-refractivity contribution in [2.24, 2.45) is 5.92 Å². The van der Waals surface area contributed by atoms with Crippen LogP contribution in [0.1, 0.15) is 38.3 Å². The van der Waals surface area contributed by atoms with E-state index >= 15 is 0 Å². The minimum atomic E-state index is 0.158. The molecule has 1 fully saturated rings. The van der Waals surface area contributed by atoms with E-state index in [4.69, 9.17) is 9.47 Å². The van der Waals surface area contributed by atoms with Gasteiger partial charge in [-0.25, -0.2) is 0 Å². The van der Waals surface area contributed by atoms with E-state index in [1.54, 1.807) is 0 Å². The van der Waals surface area contributed by atoms with Crippen LogP contribution < -0.4 is 5.32 Å². The fourth-order valence-electron chi connectivity index (χ4n) is 2.18. The molecule has 1 saturated heterocycles. The molecule has 112 valence electrons. The minimum Gasteiger partial charge on any atom is -0.381 e. The normalized spacial score (nSPS) is 19.4. The van der Waals surface area contributed by atoms with Gasteiger partial charge in [-0.3, -0.25) is 0 Å². The number of rotatable bonds is 6. The fraction of sp³-hybridized carbons (Fsp3) is 0.647. The summed E-state index contributed by atoms with van der Waals surface area (Å²) in [6.45, 7) is 10.7. The standard InChI is InChI=1S/C17H27NO2/c1-17(2,3)18-10-14-4-6-15(7-5-14)11-20-13-16-8-9-19-12-16/h4-7,16,18H,8-13H2,1-3H3. The van der Waals surface area contributed by atoms with Gasteiger partial charge in [0.15, 0.2) is 0 Å². The van der Waals surface area contributed by atoms with Crippen molar-refractivity contribution in [1.82, 2.24) is 5.32 Å². The first-order valence-electron chi connectivity index (χ1n) is 7.51. The van der Waals surface area contributed by atoms with Gasteiger partial charge in [-0.15, -0.1) is 0 Å². The summed E-state index contributed by atoms with van der Waals surface area (Å²) in [6, 6.07) is 8.67. The van der Waals surface area contributed by atoms with Crippen LogP contribution in [0.25, 0.3) is 0 Å². The van der Waals surface area contributed by atoms with Crippen LogP contribution in [-0.4, -0.2) is 25.4 Å². The van der Waals surface area contributed by atoms with Crippen molar-refractivity contribution >= 4 is 0 Å². The van der Waals surface area contributed by atoms with Crippen molar-refractivity contribution in [2.75, 3.05) is 19.8 Å². The van der Waals surface area contributed by atoms with E-state index < -0.39 is 0 Å². The maximum atomic E-state index is 5.76. The van der Waals surface area contributed by atoms with Crippen LogP contribution in [-0.2, 0) is 22.6 Å². The molecule has 1 unspecified atom stereocenters. The maximum absolute atomic E-state index is 5.76.